The molecule has 1 atom stereocenters. The minimum Gasteiger partial charge on any atom is -0.299 e. The summed E-state index contributed by atoms with van der Waals surface area (Å²) >= 11 is 1.73. The third-order valence-electron chi connectivity index (χ3n) is 1.31. The van der Waals surface area contributed by atoms with Gasteiger partial charge >= 0.3 is 0 Å². The lowest BCUT2D eigenvalue weighted by molar-refractivity contribution is -0.121. The second-order valence-corrected chi connectivity index (χ2v) is 3.09. The van der Waals surface area contributed by atoms with Gasteiger partial charge in [-0.25, -0.2) is 0 Å². The molecule has 0 aromatic heterocycles. The Hall–Kier alpha value is 0.0200. The fourth-order valence-corrected chi connectivity index (χ4v) is 1.38. The Morgan fingerprint density at radius 1 is 1.67 bits per heavy atom. The maximum Gasteiger partial charge on any atom is 0.136 e. The van der Waals surface area contributed by atoms with Gasteiger partial charge < -0.3 is 0 Å². The van der Waals surface area contributed by atoms with E-state index in [2.05, 4.69) is 0 Å². The maximum atomic E-state index is 10.9. The second kappa shape index (κ2) is 4.86. The molecule has 1 nitrogen and oxygen atoms in total. The molecule has 0 spiro atoms. The number of rotatable bonds is 4. The Bertz CT molecular complexity index is 90.9. The summed E-state index contributed by atoms with van der Waals surface area (Å²) < 4.78 is 0. The number of carbonyl (C=O) groups excluding carboxylic acids is 1. The number of carbonyl (C=O) groups is 1. The number of ketones is 1. The summed E-state index contributed by atoms with van der Waals surface area (Å²) in [5.41, 5.74) is 0. The first-order valence-electron chi connectivity index (χ1n) is 3.24. The van der Waals surface area contributed by atoms with Crippen LogP contribution in [0.1, 0.15) is 20.3 Å². The van der Waals surface area contributed by atoms with E-state index >= 15 is 0 Å². The van der Waals surface area contributed by atoms with Gasteiger partial charge in [0.15, 0.2) is 0 Å². The van der Waals surface area contributed by atoms with Gasteiger partial charge in [-0.15, -0.1) is 0 Å². The summed E-state index contributed by atoms with van der Waals surface area (Å²) in [7, 11) is 0. The molecule has 0 saturated carbocycles. The van der Waals surface area contributed by atoms with Crippen LogP contribution in [0.5, 0.6) is 0 Å². The highest BCUT2D eigenvalue weighted by Crippen LogP contribution is 2.06. The molecule has 0 rings (SSSR count). The Balaban J connectivity index is 3.45. The molecule has 0 bridgehead atoms. The largest absolute Gasteiger partial charge is 0.299 e. The molecule has 0 aromatic rings. The molecule has 0 aliphatic rings. The number of thioether (sulfide) groups is 1. The van der Waals surface area contributed by atoms with E-state index in [1.54, 1.807) is 11.8 Å². The quantitative estimate of drug-likeness (QED) is 0.603. The molecule has 0 N–H and O–H groups in total. The van der Waals surface area contributed by atoms with Gasteiger partial charge in [0.05, 0.1) is 0 Å². The summed E-state index contributed by atoms with van der Waals surface area (Å²) in [5, 5.41) is 0. The minimum absolute atomic E-state index is 0.255. The molecule has 54 valence electrons. The zero-order chi connectivity index (χ0) is 7.28. The lowest BCUT2D eigenvalue weighted by Gasteiger charge is -2.04. The van der Waals surface area contributed by atoms with Crippen molar-refractivity contribution in [3.8, 4) is 0 Å². The minimum atomic E-state index is 0.255. The predicted molar refractivity (Wildman–Crippen MR) is 42.8 cm³/mol. The summed E-state index contributed by atoms with van der Waals surface area (Å²) in [5.74, 6) is 1.60. The van der Waals surface area contributed by atoms with Gasteiger partial charge in [0.25, 0.3) is 0 Å². The SMILES string of the molecule is CCC(=O)[C@@H](C)CSC. The van der Waals surface area contributed by atoms with E-state index in [1.807, 2.05) is 20.1 Å². The normalized spacial score (nSPS) is 13.2. The summed E-state index contributed by atoms with van der Waals surface area (Å²) in [6.07, 6.45) is 2.71. The predicted octanol–water partition coefficient (Wildman–Crippen LogP) is 1.96. The highest BCUT2D eigenvalue weighted by atomic mass is 32.2. The topological polar surface area (TPSA) is 17.1 Å². The third kappa shape index (κ3) is 3.57. The Morgan fingerprint density at radius 3 is 2.56 bits per heavy atom. The lowest BCUT2D eigenvalue weighted by Crippen LogP contribution is -2.11. The van der Waals surface area contributed by atoms with Gasteiger partial charge in [-0.3, -0.25) is 4.79 Å². The van der Waals surface area contributed by atoms with Crippen molar-refractivity contribution >= 4 is 17.5 Å². The van der Waals surface area contributed by atoms with E-state index in [1.165, 1.54) is 0 Å². The van der Waals surface area contributed by atoms with Crippen molar-refractivity contribution in [2.75, 3.05) is 12.0 Å². The maximum absolute atomic E-state index is 10.9. The van der Waals surface area contributed by atoms with Crippen LogP contribution in [0.2, 0.25) is 0 Å². The van der Waals surface area contributed by atoms with Gasteiger partial charge in [-0.1, -0.05) is 13.8 Å². The molecule has 2 heteroatoms. The first-order chi connectivity index (χ1) is 4.22. The molecule has 9 heavy (non-hydrogen) atoms. The van der Waals surface area contributed by atoms with Crippen molar-refractivity contribution in [3.05, 3.63) is 0 Å². The third-order valence-corrected chi connectivity index (χ3v) is 2.15. The fourth-order valence-electron chi connectivity index (χ4n) is 0.691. The highest BCUT2D eigenvalue weighted by Gasteiger charge is 2.08. The number of hydrogen-bond acceptors (Lipinski definition) is 2. The van der Waals surface area contributed by atoms with Crippen LogP contribution in [0.3, 0.4) is 0 Å². The molecule has 0 aliphatic heterocycles. The first kappa shape index (κ1) is 9.02. The van der Waals surface area contributed by atoms with Gasteiger partial charge in [0, 0.05) is 18.1 Å². The zero-order valence-electron chi connectivity index (χ0n) is 6.31. The Kier molecular flexibility index (Phi) is 4.87. The first-order valence-corrected chi connectivity index (χ1v) is 4.63. The summed E-state index contributed by atoms with van der Waals surface area (Å²) in [4.78, 5) is 10.9. The number of Topliss-reactive ketones (excluding diaryl/α,β-unsaturated/α-hetero) is 1. The van der Waals surface area contributed by atoms with Crippen LogP contribution in [0.25, 0.3) is 0 Å². The summed E-state index contributed by atoms with van der Waals surface area (Å²) in [6, 6.07) is 0. The lowest BCUT2D eigenvalue weighted by atomic mass is 10.1. The van der Waals surface area contributed by atoms with E-state index in [0.717, 1.165) is 5.75 Å². The van der Waals surface area contributed by atoms with Crippen molar-refractivity contribution in [1.82, 2.24) is 0 Å². The smallest absolute Gasteiger partial charge is 0.136 e. The molecular weight excluding hydrogens is 132 g/mol. The second-order valence-electron chi connectivity index (χ2n) is 2.18. The van der Waals surface area contributed by atoms with Crippen molar-refractivity contribution < 1.29 is 4.79 Å². The molecule has 0 aliphatic carbocycles. The Labute approximate surface area is 61.2 Å². The molecule has 0 amide bonds. The molecular formula is C7H14OS. The van der Waals surface area contributed by atoms with Crippen LogP contribution in [0.15, 0.2) is 0 Å². The standard InChI is InChI=1S/C7H14OS/c1-4-7(8)6(2)5-9-3/h6H,4-5H2,1-3H3/t6-/m0/s1. The molecule has 0 saturated heterocycles. The molecule has 0 aromatic carbocycles. The van der Waals surface area contributed by atoms with E-state index in [9.17, 15) is 4.79 Å². The molecule has 0 radical (unpaired) electrons. The van der Waals surface area contributed by atoms with Crippen LogP contribution in [-0.4, -0.2) is 17.8 Å². The monoisotopic (exact) mass is 146 g/mol. The summed E-state index contributed by atoms with van der Waals surface area (Å²) in [6.45, 7) is 3.90. The Morgan fingerprint density at radius 2 is 2.22 bits per heavy atom. The van der Waals surface area contributed by atoms with Crippen molar-refractivity contribution in [2.45, 2.75) is 20.3 Å². The highest BCUT2D eigenvalue weighted by molar-refractivity contribution is 7.98. The fraction of sp³-hybridized carbons (Fsp3) is 0.857. The van der Waals surface area contributed by atoms with Crippen LogP contribution < -0.4 is 0 Å². The van der Waals surface area contributed by atoms with Crippen LogP contribution in [0.4, 0.5) is 0 Å². The van der Waals surface area contributed by atoms with E-state index in [0.29, 0.717) is 12.2 Å². The molecule has 0 unspecified atom stereocenters. The van der Waals surface area contributed by atoms with Crippen LogP contribution in [-0.2, 0) is 4.79 Å². The average molecular weight is 146 g/mol. The zero-order valence-corrected chi connectivity index (χ0v) is 7.12. The van der Waals surface area contributed by atoms with Crippen molar-refractivity contribution in [2.24, 2.45) is 5.92 Å². The van der Waals surface area contributed by atoms with Crippen molar-refractivity contribution in [3.63, 3.8) is 0 Å². The van der Waals surface area contributed by atoms with E-state index in [4.69, 9.17) is 0 Å². The van der Waals surface area contributed by atoms with Crippen LogP contribution >= 0.6 is 11.8 Å². The van der Waals surface area contributed by atoms with Gasteiger partial charge in [-0.2, -0.15) is 11.8 Å². The average Bonchev–Trinajstić information content (AvgIpc) is 1.87. The van der Waals surface area contributed by atoms with Gasteiger partial charge in [-0.05, 0) is 6.26 Å². The van der Waals surface area contributed by atoms with Gasteiger partial charge in [0.1, 0.15) is 5.78 Å². The van der Waals surface area contributed by atoms with Gasteiger partial charge in [0.2, 0.25) is 0 Å². The van der Waals surface area contributed by atoms with E-state index in [-0.39, 0.29) is 5.92 Å². The van der Waals surface area contributed by atoms with Crippen LogP contribution in [0, 0.1) is 5.92 Å². The van der Waals surface area contributed by atoms with Crippen molar-refractivity contribution in [1.29, 1.82) is 0 Å². The van der Waals surface area contributed by atoms with E-state index < -0.39 is 0 Å². The number of hydrogen-bond donors (Lipinski definition) is 0. The molecule has 0 fully saturated rings. The molecule has 0 heterocycles.